The summed E-state index contributed by atoms with van der Waals surface area (Å²) >= 11 is 1.56. The van der Waals surface area contributed by atoms with Crippen LogP contribution in [0, 0.1) is 0 Å². The van der Waals surface area contributed by atoms with Gasteiger partial charge in [-0.15, -0.1) is 0 Å². The third-order valence-electron chi connectivity index (χ3n) is 13.0. The van der Waals surface area contributed by atoms with Gasteiger partial charge in [0, 0.05) is 11.3 Å². The second-order valence-corrected chi connectivity index (χ2v) is 19.6. The molecule has 0 spiro atoms. The van der Waals surface area contributed by atoms with Crippen LogP contribution in [0.15, 0.2) is 217 Å². The lowest BCUT2D eigenvalue weighted by molar-refractivity contribution is -0.336. The van der Waals surface area contributed by atoms with Gasteiger partial charge in [0.25, 0.3) is 0 Å². The van der Waals surface area contributed by atoms with Gasteiger partial charge in [-0.05, 0) is 45.5 Å². The maximum atomic E-state index is 12.9. The number of benzene rings is 7. The second-order valence-electron chi connectivity index (χ2n) is 18.5. The standard InChI is InChI=1S/C63H66O11S/c1-2-55(64)65-44-53-56(66-38-46-24-10-3-11-25-46)58(68-40-48-28-14-5-15-29-48)60(70-42-50-32-18-7-19-33-50)62(73-53)72-45-54-57(67-39-47-26-12-4-13-27-47)59(69-41-49-30-16-6-17-31-49)61(71-43-51-34-20-8-21-35-51)63(74-54)75-52-36-22-9-23-37-52/h3-37,53-54,56-63H,2,38-45H2,1H3/t53?,54?,56-,57-,58-,59-,60?,61?,62+,63-/m0/s1. The van der Waals surface area contributed by atoms with Crippen molar-refractivity contribution in [3.8, 4) is 0 Å². The van der Waals surface area contributed by atoms with Crippen LogP contribution in [0.2, 0.25) is 0 Å². The Balaban J connectivity index is 1.08. The number of carbonyl (C=O) groups is 1. The van der Waals surface area contributed by atoms with E-state index in [0.717, 1.165) is 38.3 Å². The fourth-order valence-electron chi connectivity index (χ4n) is 9.09. The molecule has 0 N–H and O–H groups in total. The molecule has 7 aromatic rings. The van der Waals surface area contributed by atoms with Crippen LogP contribution in [0.5, 0.6) is 0 Å². The molecule has 10 atom stereocenters. The van der Waals surface area contributed by atoms with Gasteiger partial charge in [0.1, 0.15) is 60.9 Å². The Morgan fingerprint density at radius 3 is 1.08 bits per heavy atom. The molecule has 9 rings (SSSR count). The van der Waals surface area contributed by atoms with Crippen LogP contribution in [0.3, 0.4) is 0 Å². The van der Waals surface area contributed by atoms with Crippen LogP contribution in [0.1, 0.15) is 46.7 Å². The Hall–Kier alpha value is -6.00. The van der Waals surface area contributed by atoms with Crippen LogP contribution in [0.25, 0.3) is 0 Å². The minimum absolute atomic E-state index is 0.0276. The van der Waals surface area contributed by atoms with Crippen molar-refractivity contribution in [3.63, 3.8) is 0 Å². The molecule has 0 aliphatic carbocycles. The highest BCUT2D eigenvalue weighted by Crippen LogP contribution is 2.39. The predicted octanol–water partition coefficient (Wildman–Crippen LogP) is 11.7. The molecule has 2 fully saturated rings. The zero-order chi connectivity index (χ0) is 51.3. The van der Waals surface area contributed by atoms with E-state index >= 15 is 0 Å². The Bertz CT molecular complexity index is 2680. The molecule has 2 saturated heterocycles. The molecule has 0 bridgehead atoms. The van der Waals surface area contributed by atoms with E-state index in [4.69, 9.17) is 47.4 Å². The smallest absolute Gasteiger partial charge is 0.305 e. The van der Waals surface area contributed by atoms with Crippen molar-refractivity contribution < 1.29 is 52.2 Å². The van der Waals surface area contributed by atoms with E-state index in [-0.39, 0.29) is 52.0 Å². The molecule has 0 aromatic heterocycles. The highest BCUT2D eigenvalue weighted by molar-refractivity contribution is 7.99. The van der Waals surface area contributed by atoms with E-state index in [2.05, 4.69) is 12.1 Å². The highest BCUT2D eigenvalue weighted by Gasteiger charge is 2.52. The molecule has 0 saturated carbocycles. The fourth-order valence-corrected chi connectivity index (χ4v) is 10.2. The second kappa shape index (κ2) is 28.8. The van der Waals surface area contributed by atoms with Crippen molar-refractivity contribution in [1.29, 1.82) is 0 Å². The zero-order valence-electron chi connectivity index (χ0n) is 42.2. The summed E-state index contributed by atoms with van der Waals surface area (Å²) in [6.45, 7) is 3.19. The predicted molar refractivity (Wildman–Crippen MR) is 287 cm³/mol. The lowest BCUT2D eigenvalue weighted by Crippen LogP contribution is -2.63. The summed E-state index contributed by atoms with van der Waals surface area (Å²) in [5.74, 6) is -0.372. The Morgan fingerprint density at radius 2 is 0.693 bits per heavy atom. The molecular weight excluding hydrogens is 965 g/mol. The van der Waals surface area contributed by atoms with Crippen molar-refractivity contribution in [2.24, 2.45) is 0 Å². The van der Waals surface area contributed by atoms with Crippen molar-refractivity contribution in [2.75, 3.05) is 13.2 Å². The molecular formula is C63H66O11S. The number of hydrogen-bond donors (Lipinski definition) is 0. The fraction of sp³-hybridized carbons (Fsp3) is 0.317. The average Bonchev–Trinajstić information content (AvgIpc) is 3.47. The molecule has 12 heteroatoms. The van der Waals surface area contributed by atoms with E-state index in [9.17, 15) is 4.79 Å². The molecule has 11 nitrogen and oxygen atoms in total. The van der Waals surface area contributed by atoms with Crippen LogP contribution in [-0.4, -0.2) is 79.7 Å². The maximum absolute atomic E-state index is 12.9. The van der Waals surface area contributed by atoms with Gasteiger partial charge in [-0.2, -0.15) is 0 Å². The van der Waals surface area contributed by atoms with E-state index in [1.807, 2.05) is 200 Å². The minimum atomic E-state index is -1.08. The van der Waals surface area contributed by atoms with E-state index in [1.165, 1.54) is 0 Å². The molecule has 7 aromatic carbocycles. The number of esters is 1. The first-order valence-electron chi connectivity index (χ1n) is 25.8. The monoisotopic (exact) mass is 1030 g/mol. The van der Waals surface area contributed by atoms with Crippen molar-refractivity contribution in [3.05, 3.63) is 246 Å². The van der Waals surface area contributed by atoms with Gasteiger partial charge in [-0.25, -0.2) is 0 Å². The lowest BCUT2D eigenvalue weighted by atomic mass is 9.97. The summed E-state index contributed by atoms with van der Waals surface area (Å²) in [5.41, 5.74) is 5.28. The Morgan fingerprint density at radius 1 is 0.373 bits per heavy atom. The average molecular weight is 1030 g/mol. The van der Waals surface area contributed by atoms with E-state index < -0.39 is 60.6 Å². The largest absolute Gasteiger partial charge is 0.463 e. The number of ether oxygens (including phenoxy) is 10. The summed E-state index contributed by atoms with van der Waals surface area (Å²) in [7, 11) is 0. The first kappa shape index (κ1) is 53.8. The third kappa shape index (κ3) is 16.0. The van der Waals surface area contributed by atoms with Crippen molar-refractivity contribution >= 4 is 17.7 Å². The van der Waals surface area contributed by atoms with Crippen LogP contribution >= 0.6 is 11.8 Å². The van der Waals surface area contributed by atoms with Gasteiger partial charge in [0.15, 0.2) is 6.29 Å². The van der Waals surface area contributed by atoms with Gasteiger partial charge < -0.3 is 47.4 Å². The van der Waals surface area contributed by atoms with Crippen LogP contribution in [0.4, 0.5) is 0 Å². The highest BCUT2D eigenvalue weighted by atomic mass is 32.2. The van der Waals surface area contributed by atoms with E-state index in [0.29, 0.717) is 13.2 Å². The summed E-state index contributed by atoms with van der Waals surface area (Å²) < 4.78 is 69.1. The van der Waals surface area contributed by atoms with Gasteiger partial charge in [0.2, 0.25) is 0 Å². The summed E-state index contributed by atoms with van der Waals surface area (Å²) in [4.78, 5) is 13.9. The minimum Gasteiger partial charge on any atom is -0.463 e. The molecule has 2 aliphatic heterocycles. The summed E-state index contributed by atoms with van der Waals surface area (Å²) in [6.07, 6.45) is -6.85. The third-order valence-corrected chi connectivity index (χ3v) is 14.2. The molecule has 2 heterocycles. The van der Waals surface area contributed by atoms with Gasteiger partial charge in [0.05, 0.1) is 46.2 Å². The van der Waals surface area contributed by atoms with Crippen molar-refractivity contribution in [2.45, 2.75) is 118 Å². The van der Waals surface area contributed by atoms with Crippen LogP contribution < -0.4 is 0 Å². The molecule has 2 aliphatic rings. The molecule has 390 valence electrons. The first-order valence-corrected chi connectivity index (χ1v) is 26.7. The van der Waals surface area contributed by atoms with E-state index in [1.54, 1.807) is 18.7 Å². The first-order chi connectivity index (χ1) is 37.1. The lowest BCUT2D eigenvalue weighted by Gasteiger charge is -2.48. The van der Waals surface area contributed by atoms with Crippen LogP contribution in [-0.2, 0) is 91.8 Å². The number of hydrogen-bond acceptors (Lipinski definition) is 12. The maximum Gasteiger partial charge on any atom is 0.305 e. The van der Waals surface area contributed by atoms with Crippen molar-refractivity contribution in [1.82, 2.24) is 0 Å². The van der Waals surface area contributed by atoms with Gasteiger partial charge in [-0.3, -0.25) is 4.79 Å². The normalized spacial score (nSPS) is 23.6. The zero-order valence-corrected chi connectivity index (χ0v) is 43.1. The molecule has 4 unspecified atom stereocenters. The summed E-state index contributed by atoms with van der Waals surface area (Å²) in [5, 5.41) is 0. The quantitative estimate of drug-likeness (QED) is 0.0482. The molecule has 0 amide bonds. The number of thioether (sulfide) groups is 1. The Kier molecular flexibility index (Phi) is 20.6. The topological polar surface area (TPSA) is 109 Å². The number of rotatable bonds is 26. The Labute approximate surface area is 445 Å². The van der Waals surface area contributed by atoms with Gasteiger partial charge in [-0.1, -0.05) is 219 Å². The molecule has 75 heavy (non-hydrogen) atoms. The summed E-state index contributed by atoms with van der Waals surface area (Å²) in [6, 6.07) is 70.2. The number of carbonyl (C=O) groups excluding carboxylic acids is 1. The van der Waals surface area contributed by atoms with Gasteiger partial charge >= 0.3 is 5.97 Å². The molecule has 0 radical (unpaired) electrons. The SMILES string of the molecule is CCC(=O)OCC1O[C@@H](OCC2O[C@@H](Sc3ccccc3)C(OCc3ccccc3)[C@@H](OCc3ccccc3)[C@H]2OCc2ccccc2)C(OCc2ccccc2)[C@@H](OCc2ccccc2)[C@H]1OCc1ccccc1.